The summed E-state index contributed by atoms with van der Waals surface area (Å²) in [6.45, 7) is 0. The van der Waals surface area contributed by atoms with Gasteiger partial charge < -0.3 is 10.2 Å². The molecule has 0 aliphatic carbocycles. The Morgan fingerprint density at radius 2 is 1.54 bits per heavy atom. The van der Waals surface area contributed by atoms with Crippen molar-refractivity contribution in [3.05, 3.63) is 40.4 Å². The maximum Gasteiger partial charge on any atom is 0.416 e. The molecule has 0 radical (unpaired) electrons. The van der Waals surface area contributed by atoms with E-state index in [0.29, 0.717) is 23.5 Å². The van der Waals surface area contributed by atoms with E-state index in [1.54, 1.807) is 0 Å². The number of aromatic nitrogens is 1. The summed E-state index contributed by atoms with van der Waals surface area (Å²) in [6, 6.07) is 0.931. The molecule has 130 valence electrons. The van der Waals surface area contributed by atoms with Crippen LogP contribution in [0.4, 0.5) is 26.3 Å². The first-order chi connectivity index (χ1) is 10.9. The Morgan fingerprint density at radius 1 is 1.04 bits per heavy atom. The van der Waals surface area contributed by atoms with Gasteiger partial charge in [0.05, 0.1) is 16.8 Å². The van der Waals surface area contributed by atoms with Crippen LogP contribution >= 0.6 is 11.3 Å². The van der Waals surface area contributed by atoms with E-state index in [9.17, 15) is 36.2 Å². The fourth-order valence-corrected chi connectivity index (χ4v) is 2.58. The number of aliphatic hydroxyl groups excluding tert-OH is 1. The first kappa shape index (κ1) is 18.2. The lowest BCUT2D eigenvalue weighted by Crippen LogP contribution is -2.11. The van der Waals surface area contributed by atoms with Crippen molar-refractivity contribution >= 4 is 17.3 Å². The largest absolute Gasteiger partial charge is 0.479 e. The second kappa shape index (κ2) is 6.06. The van der Waals surface area contributed by atoms with Crippen LogP contribution in [0.25, 0.3) is 10.6 Å². The number of nitrogens with zero attached hydrogens (tertiary/aromatic N) is 1. The van der Waals surface area contributed by atoms with Crippen molar-refractivity contribution in [1.29, 1.82) is 0 Å². The molecule has 1 atom stereocenters. The molecule has 2 rings (SSSR count). The van der Waals surface area contributed by atoms with E-state index in [4.69, 9.17) is 5.11 Å². The van der Waals surface area contributed by atoms with E-state index >= 15 is 0 Å². The van der Waals surface area contributed by atoms with Gasteiger partial charge in [0.25, 0.3) is 0 Å². The van der Waals surface area contributed by atoms with Gasteiger partial charge >= 0.3 is 18.3 Å². The third-order valence-electron chi connectivity index (χ3n) is 2.87. The number of hydrogen-bond donors (Lipinski definition) is 2. The second-order valence-electron chi connectivity index (χ2n) is 4.61. The summed E-state index contributed by atoms with van der Waals surface area (Å²) in [4.78, 5) is 14.2. The highest BCUT2D eigenvalue weighted by atomic mass is 32.1. The van der Waals surface area contributed by atoms with E-state index in [0.717, 1.165) is 5.38 Å². The molecule has 0 spiro atoms. The summed E-state index contributed by atoms with van der Waals surface area (Å²) < 4.78 is 76.7. The lowest BCUT2D eigenvalue weighted by molar-refractivity contribution is -0.147. The van der Waals surface area contributed by atoms with Gasteiger partial charge in [0, 0.05) is 10.9 Å². The number of alkyl halides is 6. The Hall–Kier alpha value is -2.14. The maximum absolute atomic E-state index is 12.8. The number of rotatable bonds is 3. The Morgan fingerprint density at radius 3 is 1.96 bits per heavy atom. The molecule has 1 aromatic heterocycles. The van der Waals surface area contributed by atoms with Gasteiger partial charge in [0.1, 0.15) is 5.01 Å². The topological polar surface area (TPSA) is 70.4 Å². The second-order valence-corrected chi connectivity index (χ2v) is 5.47. The molecule has 1 heterocycles. The fourth-order valence-electron chi connectivity index (χ4n) is 1.75. The molecular weight excluding hydrogens is 364 g/mol. The van der Waals surface area contributed by atoms with Gasteiger partial charge in [-0.2, -0.15) is 26.3 Å². The summed E-state index contributed by atoms with van der Waals surface area (Å²) >= 11 is 0.618. The number of carboxylic acids is 1. The molecule has 0 saturated carbocycles. The number of hydrogen-bond acceptors (Lipinski definition) is 4. The molecular formula is C13H7F6NO3S. The van der Waals surface area contributed by atoms with Crippen LogP contribution in [0, 0.1) is 0 Å². The molecule has 0 amide bonds. The minimum absolute atomic E-state index is 0.0237. The highest BCUT2D eigenvalue weighted by molar-refractivity contribution is 7.13. The Balaban J connectivity index is 2.56. The van der Waals surface area contributed by atoms with Crippen LogP contribution in [0.15, 0.2) is 23.6 Å². The minimum Gasteiger partial charge on any atom is -0.479 e. The predicted molar refractivity (Wildman–Crippen MR) is 70.1 cm³/mol. The van der Waals surface area contributed by atoms with Crippen molar-refractivity contribution in [3.8, 4) is 10.6 Å². The van der Waals surface area contributed by atoms with Crippen LogP contribution in [-0.2, 0) is 17.1 Å². The number of aliphatic hydroxyl groups is 1. The van der Waals surface area contributed by atoms with E-state index in [2.05, 4.69) is 4.98 Å². The van der Waals surface area contributed by atoms with E-state index in [1.807, 2.05) is 0 Å². The zero-order valence-corrected chi connectivity index (χ0v) is 12.1. The van der Waals surface area contributed by atoms with Crippen molar-refractivity contribution in [2.75, 3.05) is 0 Å². The number of benzene rings is 1. The van der Waals surface area contributed by atoms with E-state index in [-0.39, 0.29) is 16.8 Å². The standard InChI is InChI=1S/C13H7F6NO3S/c14-12(15,16)6-1-5(2-7(3-6)13(17,18)19)10-20-8(4-24-10)9(21)11(22)23/h1-4,9,21H,(H,22,23). The summed E-state index contributed by atoms with van der Waals surface area (Å²) in [7, 11) is 0. The van der Waals surface area contributed by atoms with Gasteiger partial charge in [0.15, 0.2) is 6.10 Å². The molecule has 2 aromatic rings. The van der Waals surface area contributed by atoms with Crippen molar-refractivity contribution in [2.45, 2.75) is 18.5 Å². The fraction of sp³-hybridized carbons (Fsp3) is 0.231. The third-order valence-corrected chi connectivity index (χ3v) is 3.78. The van der Waals surface area contributed by atoms with Gasteiger partial charge in [-0.3, -0.25) is 0 Å². The number of thiazole rings is 1. The average Bonchev–Trinajstić information content (AvgIpc) is 2.93. The predicted octanol–water partition coefficient (Wildman–Crippen LogP) is 3.97. The maximum atomic E-state index is 12.8. The third kappa shape index (κ3) is 3.85. The molecule has 0 saturated heterocycles. The molecule has 0 aliphatic heterocycles. The van der Waals surface area contributed by atoms with Gasteiger partial charge in [-0.25, -0.2) is 9.78 Å². The number of carbonyl (C=O) groups is 1. The molecule has 1 aromatic carbocycles. The van der Waals surface area contributed by atoms with Crippen molar-refractivity contribution in [1.82, 2.24) is 4.98 Å². The summed E-state index contributed by atoms with van der Waals surface area (Å²) in [6.07, 6.45) is -12.0. The lowest BCUT2D eigenvalue weighted by atomic mass is 10.1. The van der Waals surface area contributed by atoms with Crippen LogP contribution < -0.4 is 0 Å². The SMILES string of the molecule is O=C(O)C(O)c1csc(-c2cc(C(F)(F)F)cc(C(F)(F)F)c2)n1. The lowest BCUT2D eigenvalue weighted by Gasteiger charge is -2.13. The molecule has 2 N–H and O–H groups in total. The van der Waals surface area contributed by atoms with Crippen LogP contribution in [0.3, 0.4) is 0 Å². The normalized spacial score (nSPS) is 13.8. The summed E-state index contributed by atoms with van der Waals surface area (Å²) in [5.41, 5.74) is -3.88. The van der Waals surface area contributed by atoms with Gasteiger partial charge in [-0.1, -0.05) is 0 Å². The van der Waals surface area contributed by atoms with Crippen molar-refractivity contribution < 1.29 is 41.4 Å². The molecule has 24 heavy (non-hydrogen) atoms. The highest BCUT2D eigenvalue weighted by Gasteiger charge is 2.37. The van der Waals surface area contributed by atoms with Crippen LogP contribution in [0.1, 0.15) is 22.9 Å². The molecule has 1 unspecified atom stereocenters. The van der Waals surface area contributed by atoms with E-state index < -0.39 is 41.1 Å². The Labute approximate surface area is 134 Å². The molecule has 4 nitrogen and oxygen atoms in total. The van der Waals surface area contributed by atoms with Crippen molar-refractivity contribution in [2.24, 2.45) is 0 Å². The summed E-state index contributed by atoms with van der Waals surface area (Å²) in [5.74, 6) is -1.65. The zero-order chi connectivity index (χ0) is 18.3. The zero-order valence-electron chi connectivity index (χ0n) is 11.3. The first-order valence-electron chi connectivity index (χ1n) is 6.05. The number of aliphatic carboxylic acids is 1. The van der Waals surface area contributed by atoms with Gasteiger partial charge in [-0.05, 0) is 18.2 Å². The Bertz CT molecular complexity index is 736. The Kier molecular flexibility index (Phi) is 4.59. The van der Waals surface area contributed by atoms with Crippen LogP contribution in [0.2, 0.25) is 0 Å². The highest BCUT2D eigenvalue weighted by Crippen LogP contribution is 2.39. The minimum atomic E-state index is -5.00. The monoisotopic (exact) mass is 371 g/mol. The van der Waals surface area contributed by atoms with Crippen LogP contribution in [0.5, 0.6) is 0 Å². The van der Waals surface area contributed by atoms with Gasteiger partial charge in [0.2, 0.25) is 0 Å². The quantitative estimate of drug-likeness (QED) is 0.802. The summed E-state index contributed by atoms with van der Waals surface area (Å²) in [5, 5.41) is 18.7. The first-order valence-corrected chi connectivity index (χ1v) is 6.93. The van der Waals surface area contributed by atoms with E-state index in [1.165, 1.54) is 0 Å². The molecule has 11 heteroatoms. The van der Waals surface area contributed by atoms with Gasteiger partial charge in [-0.15, -0.1) is 11.3 Å². The van der Waals surface area contributed by atoms with Crippen molar-refractivity contribution in [3.63, 3.8) is 0 Å². The van der Waals surface area contributed by atoms with Crippen LogP contribution in [-0.4, -0.2) is 21.2 Å². The molecule has 0 bridgehead atoms. The smallest absolute Gasteiger partial charge is 0.416 e. The molecule has 0 aliphatic rings. The molecule has 0 fully saturated rings. The average molecular weight is 371 g/mol. The number of halogens is 6. The number of carboxylic acid groups (broad SMARTS) is 1.